The molecule has 2 nitrogen and oxygen atoms in total. The van der Waals surface area contributed by atoms with E-state index in [0.29, 0.717) is 6.54 Å². The molecule has 0 atom stereocenters. The van der Waals surface area contributed by atoms with E-state index >= 15 is 0 Å². The van der Waals surface area contributed by atoms with Crippen molar-refractivity contribution in [2.45, 2.75) is 46.6 Å². The molecule has 0 unspecified atom stereocenters. The molecule has 2 aromatic rings. The molecule has 18 heavy (non-hydrogen) atoms. The second-order valence-corrected chi connectivity index (χ2v) is 6.07. The van der Waals surface area contributed by atoms with E-state index in [1.165, 1.54) is 22.1 Å². The lowest BCUT2D eigenvalue weighted by atomic mass is 9.89. The van der Waals surface area contributed by atoms with Crippen molar-refractivity contribution in [3.05, 3.63) is 40.6 Å². The summed E-state index contributed by atoms with van der Waals surface area (Å²) in [5.74, 6) is 0. The molecule has 0 aliphatic carbocycles. The summed E-state index contributed by atoms with van der Waals surface area (Å²) < 4.78 is 0. The second kappa shape index (κ2) is 4.36. The van der Waals surface area contributed by atoms with Crippen molar-refractivity contribution in [1.29, 1.82) is 0 Å². The first-order valence-corrected chi connectivity index (χ1v) is 6.44. The number of aryl methyl sites for hydroxylation is 2. The normalized spacial score (nSPS) is 12.1. The molecule has 0 aliphatic heterocycles. The first-order valence-electron chi connectivity index (χ1n) is 6.44. The molecule has 0 spiro atoms. The van der Waals surface area contributed by atoms with Gasteiger partial charge >= 0.3 is 0 Å². The molecule has 2 heteroatoms. The molecule has 0 saturated carbocycles. The summed E-state index contributed by atoms with van der Waals surface area (Å²) in [5, 5.41) is 1.19. The summed E-state index contributed by atoms with van der Waals surface area (Å²) in [7, 11) is 0. The molecule has 2 N–H and O–H groups in total. The quantitative estimate of drug-likeness (QED) is 0.829. The molecule has 1 aromatic carbocycles. The molecule has 2 rings (SSSR count). The predicted octanol–water partition coefficient (Wildman–Crippen LogP) is 3.61. The zero-order valence-electron chi connectivity index (χ0n) is 12.0. The maximum atomic E-state index is 5.89. The van der Waals surface area contributed by atoms with Crippen molar-refractivity contribution in [1.82, 2.24) is 4.98 Å². The highest BCUT2D eigenvalue weighted by atomic mass is 14.7. The van der Waals surface area contributed by atoms with Crippen LogP contribution in [0.1, 0.15) is 43.2 Å². The van der Waals surface area contributed by atoms with Gasteiger partial charge < -0.3 is 5.73 Å². The minimum absolute atomic E-state index is 0.0525. The number of aromatic nitrogens is 1. The summed E-state index contributed by atoms with van der Waals surface area (Å²) in [4.78, 5) is 4.80. The van der Waals surface area contributed by atoms with Crippen molar-refractivity contribution in [2.75, 3.05) is 0 Å². The lowest BCUT2D eigenvalue weighted by Crippen LogP contribution is -2.15. The molecule has 0 bridgehead atoms. The first-order chi connectivity index (χ1) is 8.32. The molecular weight excluding hydrogens is 220 g/mol. The highest BCUT2D eigenvalue weighted by Crippen LogP contribution is 2.27. The van der Waals surface area contributed by atoms with E-state index < -0.39 is 0 Å². The van der Waals surface area contributed by atoms with E-state index in [9.17, 15) is 0 Å². The van der Waals surface area contributed by atoms with Crippen molar-refractivity contribution < 1.29 is 0 Å². The summed E-state index contributed by atoms with van der Waals surface area (Å²) in [6, 6.07) is 6.52. The van der Waals surface area contributed by atoms with Crippen molar-refractivity contribution >= 4 is 10.9 Å². The van der Waals surface area contributed by atoms with Gasteiger partial charge in [0.05, 0.1) is 5.52 Å². The lowest BCUT2D eigenvalue weighted by Gasteiger charge is -2.20. The van der Waals surface area contributed by atoms with Gasteiger partial charge in [0.25, 0.3) is 0 Å². The monoisotopic (exact) mass is 242 g/mol. The fourth-order valence-electron chi connectivity index (χ4n) is 2.11. The Hall–Kier alpha value is -1.41. The third-order valence-corrected chi connectivity index (χ3v) is 3.50. The Morgan fingerprint density at radius 1 is 1.06 bits per heavy atom. The number of benzene rings is 1. The Bertz CT molecular complexity index is 592. The van der Waals surface area contributed by atoms with Crippen LogP contribution in [-0.2, 0) is 12.0 Å². The zero-order valence-corrected chi connectivity index (χ0v) is 12.0. The SMILES string of the molecule is Cc1cc2nc(C(C)(C)C)cc(CN)c2cc1C. The zero-order chi connectivity index (χ0) is 13.5. The molecule has 0 aliphatic rings. The molecule has 96 valence electrons. The van der Waals surface area contributed by atoms with Gasteiger partial charge in [0.1, 0.15) is 0 Å². The second-order valence-electron chi connectivity index (χ2n) is 6.07. The van der Waals surface area contributed by atoms with Gasteiger partial charge in [-0.25, -0.2) is 0 Å². The van der Waals surface area contributed by atoms with Crippen LogP contribution in [0.2, 0.25) is 0 Å². The van der Waals surface area contributed by atoms with Crippen LogP contribution >= 0.6 is 0 Å². The highest BCUT2D eigenvalue weighted by Gasteiger charge is 2.17. The average molecular weight is 242 g/mol. The fraction of sp³-hybridized carbons (Fsp3) is 0.438. The number of fused-ring (bicyclic) bond motifs is 1. The molecule has 0 fully saturated rings. The van der Waals surface area contributed by atoms with E-state index in [4.69, 9.17) is 10.7 Å². The standard InChI is InChI=1S/C16H22N2/c1-10-6-13-12(9-17)8-15(16(3,4)5)18-14(13)7-11(10)2/h6-8H,9,17H2,1-5H3. The van der Waals surface area contributed by atoms with Crippen molar-refractivity contribution in [3.8, 4) is 0 Å². The van der Waals surface area contributed by atoms with Gasteiger partial charge in [0.2, 0.25) is 0 Å². The summed E-state index contributed by atoms with van der Waals surface area (Å²) in [6.45, 7) is 11.4. The van der Waals surface area contributed by atoms with Crippen LogP contribution in [0.4, 0.5) is 0 Å². The Labute approximate surface area is 109 Å². The molecular formula is C16H22N2. The number of rotatable bonds is 1. The highest BCUT2D eigenvalue weighted by molar-refractivity contribution is 5.84. The third kappa shape index (κ3) is 2.25. The maximum absolute atomic E-state index is 5.89. The Balaban J connectivity index is 2.80. The average Bonchev–Trinajstić information content (AvgIpc) is 2.28. The van der Waals surface area contributed by atoms with E-state index in [-0.39, 0.29) is 5.41 Å². The van der Waals surface area contributed by atoms with Crippen LogP contribution < -0.4 is 5.73 Å². The molecule has 1 aromatic heterocycles. The van der Waals surface area contributed by atoms with Gasteiger partial charge in [-0.3, -0.25) is 4.98 Å². The van der Waals surface area contributed by atoms with Gasteiger partial charge in [-0.1, -0.05) is 20.8 Å². The molecule has 0 amide bonds. The smallest absolute Gasteiger partial charge is 0.0711 e. The maximum Gasteiger partial charge on any atom is 0.0711 e. The Kier molecular flexibility index (Phi) is 3.16. The third-order valence-electron chi connectivity index (χ3n) is 3.50. The van der Waals surface area contributed by atoms with Crippen molar-refractivity contribution in [2.24, 2.45) is 5.73 Å². The van der Waals surface area contributed by atoms with E-state index in [0.717, 1.165) is 11.2 Å². The van der Waals surface area contributed by atoms with Crippen LogP contribution in [0, 0.1) is 13.8 Å². The largest absolute Gasteiger partial charge is 0.326 e. The van der Waals surface area contributed by atoms with E-state index in [1.54, 1.807) is 0 Å². The minimum Gasteiger partial charge on any atom is -0.326 e. The summed E-state index contributed by atoms with van der Waals surface area (Å²) in [5.41, 5.74) is 11.9. The van der Waals surface area contributed by atoms with E-state index in [2.05, 4.69) is 52.8 Å². The number of nitrogens with zero attached hydrogens (tertiary/aromatic N) is 1. The van der Waals surface area contributed by atoms with Crippen LogP contribution in [0.25, 0.3) is 10.9 Å². The van der Waals surface area contributed by atoms with Gasteiger partial charge in [-0.2, -0.15) is 0 Å². The molecule has 1 heterocycles. The minimum atomic E-state index is 0.0525. The Morgan fingerprint density at radius 3 is 2.22 bits per heavy atom. The van der Waals surface area contributed by atoms with Gasteiger partial charge in [-0.15, -0.1) is 0 Å². The first kappa shape index (κ1) is 13.0. The van der Waals surface area contributed by atoms with Gasteiger partial charge in [0.15, 0.2) is 0 Å². The van der Waals surface area contributed by atoms with Crippen LogP contribution in [0.5, 0.6) is 0 Å². The predicted molar refractivity (Wildman–Crippen MR) is 77.8 cm³/mol. The van der Waals surface area contributed by atoms with Gasteiger partial charge in [-0.05, 0) is 48.7 Å². The number of pyridine rings is 1. The van der Waals surface area contributed by atoms with Crippen LogP contribution in [-0.4, -0.2) is 4.98 Å². The fourth-order valence-corrected chi connectivity index (χ4v) is 2.11. The number of hydrogen-bond donors (Lipinski definition) is 1. The molecule has 0 saturated heterocycles. The summed E-state index contributed by atoms with van der Waals surface area (Å²) in [6.07, 6.45) is 0. The van der Waals surface area contributed by atoms with E-state index in [1.807, 2.05) is 0 Å². The molecule has 0 radical (unpaired) electrons. The topological polar surface area (TPSA) is 38.9 Å². The lowest BCUT2D eigenvalue weighted by molar-refractivity contribution is 0.570. The van der Waals surface area contributed by atoms with Crippen molar-refractivity contribution in [3.63, 3.8) is 0 Å². The number of hydrogen-bond acceptors (Lipinski definition) is 2. The summed E-state index contributed by atoms with van der Waals surface area (Å²) >= 11 is 0. The Morgan fingerprint density at radius 2 is 1.67 bits per heavy atom. The van der Waals surface area contributed by atoms with Crippen LogP contribution in [0.15, 0.2) is 18.2 Å². The van der Waals surface area contributed by atoms with Gasteiger partial charge in [0, 0.05) is 23.0 Å². The van der Waals surface area contributed by atoms with Crippen LogP contribution in [0.3, 0.4) is 0 Å². The number of nitrogens with two attached hydrogens (primary N) is 1.